The third-order valence-electron chi connectivity index (χ3n) is 3.26. The summed E-state index contributed by atoms with van der Waals surface area (Å²) < 4.78 is 0. The van der Waals surface area contributed by atoms with E-state index < -0.39 is 0 Å². The van der Waals surface area contributed by atoms with E-state index >= 15 is 0 Å². The van der Waals surface area contributed by atoms with Crippen molar-refractivity contribution in [2.75, 3.05) is 0 Å². The van der Waals surface area contributed by atoms with E-state index in [1.807, 2.05) is 0 Å². The molecule has 1 aliphatic carbocycles. The van der Waals surface area contributed by atoms with E-state index in [2.05, 4.69) is 13.0 Å². The molecule has 0 aliphatic heterocycles. The normalized spacial score (nSPS) is 23.5. The fourth-order valence-corrected chi connectivity index (χ4v) is 2.30. The number of nitriles is 1. The van der Waals surface area contributed by atoms with Gasteiger partial charge in [0.15, 0.2) is 0 Å². The van der Waals surface area contributed by atoms with Gasteiger partial charge in [0.1, 0.15) is 0 Å². The Morgan fingerprint density at radius 3 is 2.46 bits per heavy atom. The zero-order valence-electron chi connectivity index (χ0n) is 8.50. The molecule has 2 unspecified atom stereocenters. The van der Waals surface area contributed by atoms with Gasteiger partial charge in [-0.3, -0.25) is 0 Å². The first kappa shape index (κ1) is 10.5. The zero-order valence-corrected chi connectivity index (χ0v) is 8.50. The van der Waals surface area contributed by atoms with E-state index in [0.717, 1.165) is 6.42 Å². The van der Waals surface area contributed by atoms with Gasteiger partial charge in [-0.15, -0.1) is 0 Å². The molecule has 0 aromatic heterocycles. The molecule has 1 rings (SSSR count). The van der Waals surface area contributed by atoms with Crippen LogP contribution in [0.25, 0.3) is 0 Å². The highest BCUT2D eigenvalue weighted by atomic mass is 14.7. The minimum absolute atomic E-state index is 0.0723. The van der Waals surface area contributed by atoms with Gasteiger partial charge < -0.3 is 5.73 Å². The Balaban J connectivity index is 2.44. The molecule has 0 amide bonds. The molecule has 0 bridgehead atoms. The lowest BCUT2D eigenvalue weighted by atomic mass is 9.79. The van der Waals surface area contributed by atoms with Gasteiger partial charge in [0.25, 0.3) is 0 Å². The smallest absolute Gasteiger partial charge is 0.0672 e. The molecule has 1 fully saturated rings. The minimum atomic E-state index is 0.0723. The van der Waals surface area contributed by atoms with Gasteiger partial charge >= 0.3 is 0 Å². The number of hydrogen-bond acceptors (Lipinski definition) is 2. The molecule has 2 N–H and O–H groups in total. The first-order chi connectivity index (χ1) is 6.29. The lowest BCUT2D eigenvalue weighted by molar-refractivity contribution is 0.266. The molecular weight excluding hydrogens is 160 g/mol. The number of rotatable bonds is 3. The van der Waals surface area contributed by atoms with Gasteiger partial charge in [-0.25, -0.2) is 0 Å². The first-order valence-electron chi connectivity index (χ1n) is 5.44. The summed E-state index contributed by atoms with van der Waals surface area (Å²) in [5, 5.41) is 8.90. The van der Waals surface area contributed by atoms with Crippen LogP contribution in [0.1, 0.15) is 45.4 Å². The van der Waals surface area contributed by atoms with Gasteiger partial charge in [-0.1, -0.05) is 26.2 Å². The molecule has 0 saturated heterocycles. The van der Waals surface area contributed by atoms with Crippen LogP contribution in [0.3, 0.4) is 0 Å². The van der Waals surface area contributed by atoms with Gasteiger partial charge in [0, 0.05) is 6.04 Å². The molecular formula is C11H20N2. The first-order valence-corrected chi connectivity index (χ1v) is 5.44. The number of nitrogens with two attached hydrogens (primary N) is 1. The van der Waals surface area contributed by atoms with Crippen LogP contribution in [-0.4, -0.2) is 6.04 Å². The highest BCUT2D eigenvalue weighted by Gasteiger charge is 2.26. The summed E-state index contributed by atoms with van der Waals surface area (Å²) in [5.74, 6) is 0.682. The maximum Gasteiger partial charge on any atom is 0.0672 e. The summed E-state index contributed by atoms with van der Waals surface area (Å²) in [5.41, 5.74) is 6.09. The second-order valence-corrected chi connectivity index (χ2v) is 4.12. The van der Waals surface area contributed by atoms with E-state index in [1.165, 1.54) is 32.1 Å². The molecule has 2 atom stereocenters. The largest absolute Gasteiger partial charge is 0.326 e. The van der Waals surface area contributed by atoms with E-state index in [4.69, 9.17) is 11.0 Å². The Morgan fingerprint density at radius 2 is 2.00 bits per heavy atom. The zero-order chi connectivity index (χ0) is 9.68. The second-order valence-electron chi connectivity index (χ2n) is 4.12. The van der Waals surface area contributed by atoms with Crippen molar-refractivity contribution in [3.63, 3.8) is 0 Å². The fourth-order valence-electron chi connectivity index (χ4n) is 2.30. The molecule has 74 valence electrons. The van der Waals surface area contributed by atoms with Crippen molar-refractivity contribution < 1.29 is 0 Å². The summed E-state index contributed by atoms with van der Waals surface area (Å²) in [6.45, 7) is 2.05. The maximum absolute atomic E-state index is 8.90. The van der Waals surface area contributed by atoms with Crippen LogP contribution in [0, 0.1) is 23.2 Å². The molecule has 0 radical (unpaired) electrons. The summed E-state index contributed by atoms with van der Waals surface area (Å²) in [7, 11) is 0. The predicted molar refractivity (Wildman–Crippen MR) is 53.9 cm³/mol. The molecule has 13 heavy (non-hydrogen) atoms. The Kier molecular flexibility index (Phi) is 4.24. The monoisotopic (exact) mass is 180 g/mol. The van der Waals surface area contributed by atoms with Crippen LogP contribution in [-0.2, 0) is 0 Å². The van der Waals surface area contributed by atoms with Gasteiger partial charge in [-0.2, -0.15) is 5.26 Å². The Labute approximate surface area is 81.1 Å². The van der Waals surface area contributed by atoms with E-state index in [1.54, 1.807) is 0 Å². The third kappa shape index (κ3) is 2.70. The lowest BCUT2D eigenvalue weighted by Gasteiger charge is -2.29. The highest BCUT2D eigenvalue weighted by molar-refractivity contribution is 4.93. The van der Waals surface area contributed by atoms with E-state index in [-0.39, 0.29) is 12.0 Å². The van der Waals surface area contributed by atoms with Crippen molar-refractivity contribution in [3.8, 4) is 6.07 Å². The Morgan fingerprint density at radius 1 is 1.38 bits per heavy atom. The average molecular weight is 180 g/mol. The van der Waals surface area contributed by atoms with Crippen molar-refractivity contribution in [2.45, 2.75) is 51.5 Å². The molecule has 1 saturated carbocycles. The lowest BCUT2D eigenvalue weighted by Crippen LogP contribution is -2.37. The minimum Gasteiger partial charge on any atom is -0.326 e. The topological polar surface area (TPSA) is 49.8 Å². The van der Waals surface area contributed by atoms with Crippen LogP contribution in [0.15, 0.2) is 0 Å². The predicted octanol–water partition coefficient (Wildman–Crippen LogP) is 2.44. The Hall–Kier alpha value is -0.550. The second kappa shape index (κ2) is 5.24. The average Bonchev–Trinajstić information content (AvgIpc) is 2.21. The molecule has 0 aromatic carbocycles. The van der Waals surface area contributed by atoms with Gasteiger partial charge in [0.05, 0.1) is 12.0 Å². The van der Waals surface area contributed by atoms with Crippen LogP contribution < -0.4 is 5.73 Å². The van der Waals surface area contributed by atoms with E-state index in [9.17, 15) is 0 Å². The summed E-state index contributed by atoms with van der Waals surface area (Å²) >= 11 is 0. The quantitative estimate of drug-likeness (QED) is 0.725. The number of nitrogens with zero attached hydrogens (tertiary/aromatic N) is 1. The van der Waals surface area contributed by atoms with E-state index in [0.29, 0.717) is 5.92 Å². The van der Waals surface area contributed by atoms with Gasteiger partial charge in [0.2, 0.25) is 0 Å². The summed E-state index contributed by atoms with van der Waals surface area (Å²) in [6.07, 6.45) is 7.33. The SMILES string of the molecule is CCC(C#N)C(N)C1CCCCC1. The van der Waals surface area contributed by atoms with Crippen molar-refractivity contribution in [1.29, 1.82) is 5.26 Å². The molecule has 2 heteroatoms. The molecule has 0 heterocycles. The Bertz CT molecular complexity index is 177. The van der Waals surface area contributed by atoms with Crippen molar-refractivity contribution in [2.24, 2.45) is 17.6 Å². The number of hydrogen-bond donors (Lipinski definition) is 1. The van der Waals surface area contributed by atoms with Crippen LogP contribution in [0.5, 0.6) is 0 Å². The van der Waals surface area contributed by atoms with Crippen LogP contribution in [0.2, 0.25) is 0 Å². The summed E-state index contributed by atoms with van der Waals surface area (Å²) in [6, 6.07) is 2.44. The maximum atomic E-state index is 8.90. The van der Waals surface area contributed by atoms with Crippen molar-refractivity contribution >= 4 is 0 Å². The molecule has 0 spiro atoms. The highest BCUT2D eigenvalue weighted by Crippen LogP contribution is 2.29. The van der Waals surface area contributed by atoms with Crippen molar-refractivity contribution in [3.05, 3.63) is 0 Å². The van der Waals surface area contributed by atoms with Crippen LogP contribution >= 0.6 is 0 Å². The molecule has 1 aliphatic rings. The fraction of sp³-hybridized carbons (Fsp3) is 0.909. The van der Waals surface area contributed by atoms with Crippen LogP contribution in [0.4, 0.5) is 0 Å². The standard InChI is InChI=1S/C11H20N2/c1-2-9(8-12)11(13)10-6-4-3-5-7-10/h9-11H,2-7,13H2,1H3. The van der Waals surface area contributed by atoms with Gasteiger partial charge in [-0.05, 0) is 25.2 Å². The molecule has 0 aromatic rings. The summed E-state index contributed by atoms with van der Waals surface area (Å²) in [4.78, 5) is 0. The molecule has 2 nitrogen and oxygen atoms in total. The third-order valence-corrected chi connectivity index (χ3v) is 3.26. The van der Waals surface area contributed by atoms with Crippen molar-refractivity contribution in [1.82, 2.24) is 0 Å².